The highest BCUT2D eigenvalue weighted by Gasteiger charge is 2.29. The van der Waals surface area contributed by atoms with Gasteiger partial charge in [-0.2, -0.15) is 4.72 Å². The van der Waals surface area contributed by atoms with E-state index in [0.29, 0.717) is 5.56 Å². The van der Waals surface area contributed by atoms with Crippen LogP contribution in [-0.2, 0) is 14.8 Å². The minimum atomic E-state index is -4.08. The summed E-state index contributed by atoms with van der Waals surface area (Å²) in [5, 5.41) is 10.2. The molecule has 18 heavy (non-hydrogen) atoms. The third-order valence-corrected chi connectivity index (χ3v) is 5.23. The lowest BCUT2D eigenvalue weighted by Crippen LogP contribution is -2.41. The van der Waals surface area contributed by atoms with Crippen LogP contribution in [0.2, 0.25) is 0 Å². The largest absolute Gasteiger partial charge is 0.480 e. The summed E-state index contributed by atoms with van der Waals surface area (Å²) in [6.45, 7) is 1.54. The summed E-state index contributed by atoms with van der Waals surface area (Å²) in [4.78, 5) is 10.7. The Morgan fingerprint density at radius 2 is 2.17 bits per heavy atom. The maximum absolute atomic E-state index is 12.1. The molecule has 0 aromatic carbocycles. The number of carbonyl (C=O) groups is 1. The van der Waals surface area contributed by atoms with E-state index in [-0.39, 0.29) is 4.21 Å². The fourth-order valence-corrected chi connectivity index (χ4v) is 3.89. The molecule has 1 heterocycles. The molecule has 1 atom stereocenters. The molecule has 0 fully saturated rings. The van der Waals surface area contributed by atoms with E-state index in [1.54, 1.807) is 10.8 Å². The van der Waals surface area contributed by atoms with Crippen molar-refractivity contribution in [1.82, 2.24) is 4.72 Å². The van der Waals surface area contributed by atoms with Crippen molar-refractivity contribution in [2.75, 3.05) is 0 Å². The molecule has 0 radical (unpaired) electrons. The first-order chi connectivity index (χ1) is 8.24. The number of sulfonamides is 1. The van der Waals surface area contributed by atoms with Crippen molar-refractivity contribution in [3.05, 3.63) is 17.0 Å². The van der Waals surface area contributed by atoms with Crippen LogP contribution < -0.4 is 4.72 Å². The Morgan fingerprint density at radius 1 is 1.56 bits per heavy atom. The van der Waals surface area contributed by atoms with Crippen LogP contribution in [0.1, 0.15) is 12.0 Å². The van der Waals surface area contributed by atoms with Gasteiger partial charge in [-0.05, 0) is 23.9 Å². The zero-order chi connectivity index (χ0) is 13.9. The van der Waals surface area contributed by atoms with Gasteiger partial charge in [-0.1, -0.05) is 0 Å². The predicted molar refractivity (Wildman–Crippen MR) is 61.4 cm³/mol. The second-order valence-electron chi connectivity index (χ2n) is 3.53. The zero-order valence-electron chi connectivity index (χ0n) is 9.26. The number of hydrogen-bond acceptors (Lipinski definition) is 4. The van der Waals surface area contributed by atoms with E-state index in [2.05, 4.69) is 0 Å². The second-order valence-corrected chi connectivity index (χ2v) is 6.36. The van der Waals surface area contributed by atoms with E-state index in [1.165, 1.54) is 12.3 Å². The van der Waals surface area contributed by atoms with Gasteiger partial charge in [0.25, 0.3) is 10.0 Å². The van der Waals surface area contributed by atoms with Crippen molar-refractivity contribution in [1.29, 1.82) is 0 Å². The van der Waals surface area contributed by atoms with Gasteiger partial charge in [-0.25, -0.2) is 17.2 Å². The molecule has 0 aliphatic carbocycles. The van der Waals surface area contributed by atoms with Gasteiger partial charge in [0, 0.05) is 6.42 Å². The van der Waals surface area contributed by atoms with E-state index < -0.39 is 34.9 Å². The third-order valence-electron chi connectivity index (χ3n) is 2.07. The lowest BCUT2D eigenvalue weighted by molar-refractivity contribution is -0.140. The molecule has 0 aliphatic rings. The highest BCUT2D eigenvalue weighted by atomic mass is 32.2. The Morgan fingerprint density at radius 3 is 2.56 bits per heavy atom. The number of aryl methyl sites for hydroxylation is 1. The fourth-order valence-electron chi connectivity index (χ4n) is 1.25. The first-order valence-corrected chi connectivity index (χ1v) is 7.17. The van der Waals surface area contributed by atoms with E-state index in [9.17, 15) is 22.0 Å². The van der Waals surface area contributed by atoms with E-state index >= 15 is 0 Å². The average Bonchev–Trinajstić information content (AvgIpc) is 2.62. The number of nitrogens with one attached hydrogen (secondary N) is 1. The SMILES string of the molecule is Cc1ccsc1S(=O)(=O)NC(CC(F)F)C(=O)O. The summed E-state index contributed by atoms with van der Waals surface area (Å²) in [5.41, 5.74) is 0.439. The maximum atomic E-state index is 12.1. The smallest absolute Gasteiger partial charge is 0.321 e. The summed E-state index contributed by atoms with van der Waals surface area (Å²) in [5.74, 6) is -1.63. The Hall–Kier alpha value is -1.06. The normalized spacial score (nSPS) is 13.8. The quantitative estimate of drug-likeness (QED) is 0.832. The van der Waals surface area contributed by atoms with Crippen molar-refractivity contribution in [3.63, 3.8) is 0 Å². The van der Waals surface area contributed by atoms with Gasteiger partial charge in [0.1, 0.15) is 10.3 Å². The number of thiophene rings is 1. The van der Waals surface area contributed by atoms with Gasteiger partial charge in [-0.15, -0.1) is 11.3 Å². The van der Waals surface area contributed by atoms with Crippen LogP contribution in [0, 0.1) is 6.92 Å². The Balaban J connectivity index is 2.94. The number of aliphatic carboxylic acids is 1. The molecule has 0 saturated carbocycles. The van der Waals surface area contributed by atoms with Crippen molar-refractivity contribution < 1.29 is 27.1 Å². The van der Waals surface area contributed by atoms with Gasteiger partial charge < -0.3 is 5.11 Å². The molecule has 0 bridgehead atoms. The molecule has 2 N–H and O–H groups in total. The van der Waals surface area contributed by atoms with Crippen LogP contribution in [0.5, 0.6) is 0 Å². The third kappa shape index (κ3) is 3.72. The molecule has 1 unspecified atom stereocenters. The van der Waals surface area contributed by atoms with Crippen molar-refractivity contribution in [2.24, 2.45) is 0 Å². The lowest BCUT2D eigenvalue weighted by atomic mass is 10.2. The molecule has 0 amide bonds. The zero-order valence-corrected chi connectivity index (χ0v) is 10.9. The lowest BCUT2D eigenvalue weighted by Gasteiger charge is -2.13. The molecule has 9 heteroatoms. The molecule has 5 nitrogen and oxygen atoms in total. The number of carboxylic acid groups (broad SMARTS) is 1. The molecule has 1 rings (SSSR count). The summed E-state index contributed by atoms with van der Waals surface area (Å²) in [6, 6.07) is -0.293. The number of rotatable bonds is 6. The van der Waals surface area contributed by atoms with Crippen LogP contribution in [0.15, 0.2) is 15.7 Å². The highest BCUT2D eigenvalue weighted by Crippen LogP contribution is 2.22. The van der Waals surface area contributed by atoms with E-state index in [4.69, 9.17) is 5.11 Å². The molecule has 102 valence electrons. The summed E-state index contributed by atoms with van der Waals surface area (Å²) in [6.07, 6.45) is -3.97. The van der Waals surface area contributed by atoms with Gasteiger partial charge in [0.05, 0.1) is 0 Å². The van der Waals surface area contributed by atoms with Crippen LogP contribution in [0.3, 0.4) is 0 Å². The molecule has 0 spiro atoms. The number of carboxylic acids is 1. The molecular formula is C9H11F2NO4S2. The first-order valence-electron chi connectivity index (χ1n) is 4.81. The minimum Gasteiger partial charge on any atom is -0.480 e. The van der Waals surface area contributed by atoms with Gasteiger partial charge >= 0.3 is 5.97 Å². The van der Waals surface area contributed by atoms with Crippen molar-refractivity contribution in [2.45, 2.75) is 30.0 Å². The van der Waals surface area contributed by atoms with Crippen LogP contribution in [0.25, 0.3) is 0 Å². The monoisotopic (exact) mass is 299 g/mol. The van der Waals surface area contributed by atoms with Crippen molar-refractivity contribution in [3.8, 4) is 0 Å². The minimum absolute atomic E-state index is 0.0667. The topological polar surface area (TPSA) is 83.5 Å². The van der Waals surface area contributed by atoms with Crippen LogP contribution in [-0.4, -0.2) is 32.0 Å². The Bertz CT molecular complexity index is 526. The Labute approximate surface area is 106 Å². The standard InChI is InChI=1S/C9H11F2NO4S2/c1-5-2-3-17-9(5)18(15,16)12-6(8(13)14)4-7(10)11/h2-3,6-7,12H,4H2,1H3,(H,13,14). The van der Waals surface area contributed by atoms with E-state index in [0.717, 1.165) is 11.3 Å². The van der Waals surface area contributed by atoms with Gasteiger partial charge in [-0.3, -0.25) is 4.79 Å². The summed E-state index contributed by atoms with van der Waals surface area (Å²) < 4.78 is 49.6. The van der Waals surface area contributed by atoms with Crippen LogP contribution in [0.4, 0.5) is 8.78 Å². The highest BCUT2D eigenvalue weighted by molar-refractivity contribution is 7.91. The molecule has 1 aromatic rings. The number of hydrogen-bond donors (Lipinski definition) is 2. The molecule has 0 saturated heterocycles. The van der Waals surface area contributed by atoms with Gasteiger partial charge in [0.15, 0.2) is 0 Å². The molecule has 0 aliphatic heterocycles. The number of halogens is 2. The molecular weight excluding hydrogens is 288 g/mol. The first kappa shape index (κ1) is 15.0. The van der Waals surface area contributed by atoms with Crippen LogP contribution >= 0.6 is 11.3 Å². The fraction of sp³-hybridized carbons (Fsp3) is 0.444. The maximum Gasteiger partial charge on any atom is 0.321 e. The average molecular weight is 299 g/mol. The summed E-state index contributed by atoms with van der Waals surface area (Å²) in [7, 11) is -4.08. The number of alkyl halides is 2. The second kappa shape index (κ2) is 5.72. The predicted octanol–water partition coefficient (Wildman–Crippen LogP) is 1.44. The van der Waals surface area contributed by atoms with Gasteiger partial charge in [0.2, 0.25) is 6.43 Å². The van der Waals surface area contributed by atoms with E-state index in [1.807, 2.05) is 0 Å². The van der Waals surface area contributed by atoms with Crippen molar-refractivity contribution >= 4 is 27.3 Å². The molecule has 1 aromatic heterocycles. The Kier molecular flexibility index (Phi) is 4.77. The summed E-state index contributed by atoms with van der Waals surface area (Å²) >= 11 is 0.898.